The first-order valence-electron chi connectivity index (χ1n) is 3.65. The molecule has 0 atom stereocenters. The van der Waals surface area contributed by atoms with Gasteiger partial charge in [-0.2, -0.15) is 5.26 Å². The summed E-state index contributed by atoms with van der Waals surface area (Å²) >= 11 is 11.1. The molecule has 0 N–H and O–H groups in total. The number of hydrogen-bond acceptors (Lipinski definition) is 1. The van der Waals surface area contributed by atoms with Gasteiger partial charge in [0.1, 0.15) is 0 Å². The molecule has 1 rings (SSSR count). The van der Waals surface area contributed by atoms with Crippen molar-refractivity contribution in [1.29, 1.82) is 5.26 Å². The van der Waals surface area contributed by atoms with Crippen LogP contribution in [0.4, 0.5) is 4.39 Å². The minimum Gasteiger partial charge on any atom is -0.204 e. The van der Waals surface area contributed by atoms with E-state index in [0.717, 1.165) is 0 Å². The molecule has 0 aliphatic heterocycles. The summed E-state index contributed by atoms with van der Waals surface area (Å²) in [5, 5.41) is 8.09. The predicted molar refractivity (Wildman–Crippen MR) is 53.5 cm³/mol. The van der Waals surface area contributed by atoms with Gasteiger partial charge in [0.15, 0.2) is 5.82 Å². The van der Waals surface area contributed by atoms with Crippen molar-refractivity contribution in [3.63, 3.8) is 0 Å². The second-order valence-electron chi connectivity index (χ2n) is 2.39. The van der Waals surface area contributed by atoms with Crippen LogP contribution in [0.3, 0.4) is 0 Å². The molecule has 0 aliphatic rings. The fourth-order valence-corrected chi connectivity index (χ4v) is 1.30. The van der Waals surface area contributed by atoms with Crippen LogP contribution in [-0.2, 0) is 0 Å². The smallest absolute Gasteiger partial charge is 0.160 e. The average Bonchev–Trinajstić information content (AvgIpc) is 2.14. The lowest BCUT2D eigenvalue weighted by atomic mass is 10.2. The second kappa shape index (κ2) is 4.86. The standard InChI is InChI=1S/C10H4Cl2FN/c11-8-5-7(3-1-2-4-14)6-9(12)10(8)13/h5-6H,2H2. The maximum Gasteiger partial charge on any atom is 0.160 e. The third-order valence-electron chi connectivity index (χ3n) is 1.38. The van der Waals surface area contributed by atoms with Crippen LogP contribution >= 0.6 is 23.2 Å². The molecule has 0 spiro atoms. The second-order valence-corrected chi connectivity index (χ2v) is 3.20. The van der Waals surface area contributed by atoms with E-state index in [1.807, 2.05) is 6.07 Å². The van der Waals surface area contributed by atoms with Crippen molar-refractivity contribution in [2.75, 3.05) is 0 Å². The number of nitriles is 1. The number of hydrogen-bond donors (Lipinski definition) is 0. The van der Waals surface area contributed by atoms with Crippen molar-refractivity contribution >= 4 is 23.2 Å². The van der Waals surface area contributed by atoms with Gasteiger partial charge in [-0.3, -0.25) is 0 Å². The molecule has 70 valence electrons. The van der Waals surface area contributed by atoms with Gasteiger partial charge in [-0.05, 0) is 12.1 Å². The molecule has 14 heavy (non-hydrogen) atoms. The van der Waals surface area contributed by atoms with E-state index in [0.29, 0.717) is 5.56 Å². The lowest BCUT2D eigenvalue weighted by Crippen LogP contribution is -1.82. The first-order chi connectivity index (χ1) is 6.65. The Kier molecular flexibility index (Phi) is 3.77. The van der Waals surface area contributed by atoms with Crippen molar-refractivity contribution in [3.8, 4) is 17.9 Å². The number of halogens is 3. The summed E-state index contributed by atoms with van der Waals surface area (Å²) in [7, 11) is 0. The Morgan fingerprint density at radius 2 is 1.86 bits per heavy atom. The molecule has 0 heterocycles. The zero-order chi connectivity index (χ0) is 10.6. The topological polar surface area (TPSA) is 23.8 Å². The first-order valence-corrected chi connectivity index (χ1v) is 4.41. The fraction of sp³-hybridized carbons (Fsp3) is 0.100. The molecule has 1 aromatic rings. The first kappa shape index (κ1) is 10.9. The van der Waals surface area contributed by atoms with Gasteiger partial charge >= 0.3 is 0 Å². The van der Waals surface area contributed by atoms with E-state index in [1.165, 1.54) is 12.1 Å². The summed E-state index contributed by atoms with van der Waals surface area (Å²) in [5.41, 5.74) is 0.497. The van der Waals surface area contributed by atoms with Gasteiger partial charge in [0.2, 0.25) is 0 Å². The molecule has 0 saturated heterocycles. The van der Waals surface area contributed by atoms with Crippen molar-refractivity contribution in [3.05, 3.63) is 33.6 Å². The molecule has 0 bridgehead atoms. The van der Waals surface area contributed by atoms with Crippen molar-refractivity contribution in [1.82, 2.24) is 0 Å². The Labute approximate surface area is 91.1 Å². The summed E-state index contributed by atoms with van der Waals surface area (Å²) in [6, 6.07) is 4.60. The molecule has 0 saturated carbocycles. The quantitative estimate of drug-likeness (QED) is 0.493. The third-order valence-corrected chi connectivity index (χ3v) is 1.93. The third kappa shape index (κ3) is 2.64. The van der Waals surface area contributed by atoms with Crippen molar-refractivity contribution in [2.24, 2.45) is 0 Å². The van der Waals surface area contributed by atoms with Crippen LogP contribution in [0.15, 0.2) is 12.1 Å². The molecular weight excluding hydrogens is 224 g/mol. The molecule has 0 unspecified atom stereocenters. The van der Waals surface area contributed by atoms with Gasteiger partial charge in [0.05, 0.1) is 22.5 Å². The van der Waals surface area contributed by atoms with Crippen molar-refractivity contribution in [2.45, 2.75) is 6.42 Å². The van der Waals surface area contributed by atoms with Gasteiger partial charge in [0, 0.05) is 5.56 Å². The van der Waals surface area contributed by atoms with Crippen LogP contribution in [0.25, 0.3) is 0 Å². The largest absolute Gasteiger partial charge is 0.204 e. The molecule has 0 fully saturated rings. The fourth-order valence-electron chi connectivity index (χ4n) is 0.813. The van der Waals surface area contributed by atoms with E-state index < -0.39 is 5.82 Å². The molecule has 0 aromatic heterocycles. The van der Waals surface area contributed by atoms with Gasteiger partial charge in [-0.25, -0.2) is 4.39 Å². The monoisotopic (exact) mass is 227 g/mol. The maximum absolute atomic E-state index is 12.9. The minimum atomic E-state index is -0.654. The molecule has 0 aliphatic carbocycles. The SMILES string of the molecule is N#CCC#Cc1cc(Cl)c(F)c(Cl)c1. The van der Waals surface area contributed by atoms with Crippen LogP contribution in [0.1, 0.15) is 12.0 Å². The normalized spacial score (nSPS) is 8.71. The highest BCUT2D eigenvalue weighted by molar-refractivity contribution is 6.35. The lowest BCUT2D eigenvalue weighted by molar-refractivity contribution is 0.628. The van der Waals surface area contributed by atoms with Crippen LogP contribution < -0.4 is 0 Å². The number of benzene rings is 1. The van der Waals surface area contributed by atoms with Crippen molar-refractivity contribution < 1.29 is 4.39 Å². The van der Waals surface area contributed by atoms with E-state index in [9.17, 15) is 4.39 Å². The zero-order valence-electron chi connectivity index (χ0n) is 6.94. The van der Waals surface area contributed by atoms with Gasteiger partial charge < -0.3 is 0 Å². The Balaban J connectivity index is 3.04. The van der Waals surface area contributed by atoms with Gasteiger partial charge in [0.25, 0.3) is 0 Å². The predicted octanol–water partition coefficient (Wildman–Crippen LogP) is 3.40. The minimum absolute atomic E-state index is 0.0706. The van der Waals surface area contributed by atoms with Gasteiger partial charge in [-0.15, -0.1) is 0 Å². The summed E-state index contributed by atoms with van der Waals surface area (Å²) in [4.78, 5) is 0. The number of nitrogens with zero attached hydrogens (tertiary/aromatic N) is 1. The van der Waals surface area contributed by atoms with E-state index in [-0.39, 0.29) is 16.5 Å². The highest BCUT2D eigenvalue weighted by atomic mass is 35.5. The molecule has 4 heteroatoms. The summed E-state index contributed by atoms with van der Waals surface area (Å²) in [6.07, 6.45) is 0.118. The summed E-state index contributed by atoms with van der Waals surface area (Å²) < 4.78 is 12.9. The molecule has 1 aromatic carbocycles. The van der Waals surface area contributed by atoms with Crippen LogP contribution in [0.5, 0.6) is 0 Å². The Bertz CT molecular complexity index is 428. The van der Waals surface area contributed by atoms with E-state index in [2.05, 4.69) is 11.8 Å². The van der Waals surface area contributed by atoms with Crippen LogP contribution in [0, 0.1) is 29.0 Å². The summed E-state index contributed by atoms with van der Waals surface area (Å²) in [5.74, 6) is 4.57. The highest BCUT2D eigenvalue weighted by Gasteiger charge is 2.05. The Morgan fingerprint density at radius 3 is 2.36 bits per heavy atom. The van der Waals surface area contributed by atoms with Gasteiger partial charge in [-0.1, -0.05) is 35.0 Å². The van der Waals surface area contributed by atoms with E-state index in [4.69, 9.17) is 28.5 Å². The zero-order valence-corrected chi connectivity index (χ0v) is 8.45. The lowest BCUT2D eigenvalue weighted by Gasteiger charge is -1.97. The molecule has 1 nitrogen and oxygen atoms in total. The molecular formula is C10H4Cl2FN. The highest BCUT2D eigenvalue weighted by Crippen LogP contribution is 2.24. The summed E-state index contributed by atoms with van der Waals surface area (Å²) in [6.45, 7) is 0. The van der Waals surface area contributed by atoms with E-state index in [1.54, 1.807) is 0 Å². The average molecular weight is 228 g/mol. The maximum atomic E-state index is 12.9. The van der Waals surface area contributed by atoms with E-state index >= 15 is 0 Å². The molecule has 0 radical (unpaired) electrons. The Hall–Kier alpha value is -1.22. The molecule has 0 amide bonds. The Morgan fingerprint density at radius 1 is 1.29 bits per heavy atom. The van der Waals surface area contributed by atoms with Crippen LogP contribution in [0.2, 0.25) is 10.0 Å². The van der Waals surface area contributed by atoms with Crippen LogP contribution in [-0.4, -0.2) is 0 Å². The number of rotatable bonds is 0.